The van der Waals surface area contributed by atoms with Crippen molar-refractivity contribution in [1.82, 2.24) is 24.7 Å². The SMILES string of the molecule is Cc1cc(COC[C@@H]2CC[C@H](n3cnc4c(N(C)Cc5cccc(F)c5)ncnc43)O2)no1. The van der Waals surface area contributed by atoms with E-state index in [0.29, 0.717) is 36.7 Å². The minimum absolute atomic E-state index is 0.0163. The first-order valence-corrected chi connectivity index (χ1v) is 10.9. The molecule has 0 spiro atoms. The van der Waals surface area contributed by atoms with E-state index in [2.05, 4.69) is 20.1 Å². The van der Waals surface area contributed by atoms with E-state index in [-0.39, 0.29) is 18.1 Å². The molecule has 3 aromatic heterocycles. The Hall–Kier alpha value is -3.37. The van der Waals surface area contributed by atoms with Gasteiger partial charge in [0.25, 0.3) is 0 Å². The van der Waals surface area contributed by atoms with Crippen molar-refractivity contribution in [3.63, 3.8) is 0 Å². The molecule has 0 saturated carbocycles. The van der Waals surface area contributed by atoms with E-state index in [9.17, 15) is 4.39 Å². The van der Waals surface area contributed by atoms with Crippen LogP contribution in [0.2, 0.25) is 0 Å². The van der Waals surface area contributed by atoms with Gasteiger partial charge in [-0.3, -0.25) is 4.57 Å². The number of halogens is 1. The molecule has 5 rings (SSSR count). The van der Waals surface area contributed by atoms with Crippen molar-refractivity contribution in [1.29, 1.82) is 0 Å². The summed E-state index contributed by atoms with van der Waals surface area (Å²) in [5, 5.41) is 3.93. The summed E-state index contributed by atoms with van der Waals surface area (Å²) in [6.07, 6.45) is 4.78. The quantitative estimate of drug-likeness (QED) is 0.399. The molecule has 4 aromatic rings. The maximum atomic E-state index is 13.6. The fourth-order valence-corrected chi connectivity index (χ4v) is 4.11. The van der Waals surface area contributed by atoms with Gasteiger partial charge in [0, 0.05) is 19.7 Å². The second kappa shape index (κ2) is 9.24. The van der Waals surface area contributed by atoms with Gasteiger partial charge in [-0.25, -0.2) is 19.3 Å². The molecule has 0 aliphatic carbocycles. The smallest absolute Gasteiger partial charge is 0.167 e. The third-order valence-electron chi connectivity index (χ3n) is 5.64. The van der Waals surface area contributed by atoms with Crippen LogP contribution < -0.4 is 4.90 Å². The van der Waals surface area contributed by atoms with Crippen molar-refractivity contribution in [2.24, 2.45) is 0 Å². The predicted octanol–water partition coefficient (Wildman–Crippen LogP) is 3.79. The molecule has 172 valence electrons. The summed E-state index contributed by atoms with van der Waals surface area (Å²) >= 11 is 0. The van der Waals surface area contributed by atoms with Gasteiger partial charge in [0.1, 0.15) is 29.8 Å². The maximum Gasteiger partial charge on any atom is 0.167 e. The highest BCUT2D eigenvalue weighted by molar-refractivity contribution is 5.83. The number of anilines is 1. The third kappa shape index (κ3) is 4.71. The van der Waals surface area contributed by atoms with Gasteiger partial charge < -0.3 is 18.9 Å². The number of nitrogens with zero attached hydrogens (tertiary/aromatic N) is 6. The second-order valence-electron chi connectivity index (χ2n) is 8.24. The fourth-order valence-electron chi connectivity index (χ4n) is 4.11. The van der Waals surface area contributed by atoms with Crippen molar-refractivity contribution in [3.05, 3.63) is 65.8 Å². The van der Waals surface area contributed by atoms with Crippen molar-refractivity contribution in [3.8, 4) is 0 Å². The van der Waals surface area contributed by atoms with Gasteiger partial charge >= 0.3 is 0 Å². The molecule has 0 bridgehead atoms. The highest BCUT2D eigenvalue weighted by atomic mass is 19.1. The molecule has 1 aliphatic rings. The Kier molecular flexibility index (Phi) is 6.01. The van der Waals surface area contributed by atoms with Gasteiger partial charge in [0.15, 0.2) is 17.0 Å². The highest BCUT2D eigenvalue weighted by Gasteiger charge is 2.29. The fraction of sp³-hybridized carbons (Fsp3) is 0.391. The lowest BCUT2D eigenvalue weighted by molar-refractivity contribution is -0.0440. The minimum atomic E-state index is -0.258. The predicted molar refractivity (Wildman–Crippen MR) is 118 cm³/mol. The molecule has 0 N–H and O–H groups in total. The Labute approximate surface area is 190 Å². The summed E-state index contributed by atoms with van der Waals surface area (Å²) in [5.74, 6) is 1.19. The monoisotopic (exact) mass is 452 g/mol. The summed E-state index contributed by atoms with van der Waals surface area (Å²) in [7, 11) is 1.90. The van der Waals surface area contributed by atoms with Gasteiger partial charge in [0.2, 0.25) is 0 Å². The zero-order valence-electron chi connectivity index (χ0n) is 18.5. The molecule has 1 fully saturated rings. The molecule has 0 radical (unpaired) electrons. The van der Waals surface area contributed by atoms with Crippen molar-refractivity contribution in [2.75, 3.05) is 18.6 Å². The first kappa shape index (κ1) is 21.5. The van der Waals surface area contributed by atoms with Crippen LogP contribution in [-0.4, -0.2) is 44.4 Å². The zero-order chi connectivity index (χ0) is 22.8. The number of benzene rings is 1. The molecular weight excluding hydrogens is 427 g/mol. The first-order chi connectivity index (χ1) is 16.1. The van der Waals surface area contributed by atoms with Crippen LogP contribution in [0.3, 0.4) is 0 Å². The van der Waals surface area contributed by atoms with E-state index in [4.69, 9.17) is 14.0 Å². The summed E-state index contributed by atoms with van der Waals surface area (Å²) in [6, 6.07) is 8.40. The molecule has 1 saturated heterocycles. The second-order valence-corrected chi connectivity index (χ2v) is 8.24. The zero-order valence-corrected chi connectivity index (χ0v) is 18.5. The van der Waals surface area contributed by atoms with E-state index >= 15 is 0 Å². The van der Waals surface area contributed by atoms with E-state index < -0.39 is 0 Å². The van der Waals surface area contributed by atoms with Gasteiger partial charge in [-0.1, -0.05) is 17.3 Å². The number of rotatable bonds is 8. The Morgan fingerprint density at radius 2 is 2.12 bits per heavy atom. The highest BCUT2D eigenvalue weighted by Crippen LogP contribution is 2.32. The van der Waals surface area contributed by atoms with E-state index in [0.717, 1.165) is 29.9 Å². The van der Waals surface area contributed by atoms with Crippen LogP contribution in [-0.2, 0) is 22.6 Å². The van der Waals surface area contributed by atoms with Gasteiger partial charge in [0.05, 0.1) is 25.6 Å². The number of fused-ring (bicyclic) bond motifs is 1. The number of hydrogen-bond donors (Lipinski definition) is 0. The van der Waals surface area contributed by atoms with Crippen LogP contribution in [0.15, 0.2) is 47.5 Å². The first-order valence-electron chi connectivity index (χ1n) is 10.9. The molecule has 0 unspecified atom stereocenters. The minimum Gasteiger partial charge on any atom is -0.372 e. The van der Waals surface area contributed by atoms with Crippen LogP contribution in [0.25, 0.3) is 11.2 Å². The Morgan fingerprint density at radius 3 is 2.94 bits per heavy atom. The number of imidazole rings is 1. The van der Waals surface area contributed by atoms with E-state index in [1.807, 2.05) is 35.6 Å². The molecule has 9 nitrogen and oxygen atoms in total. The van der Waals surface area contributed by atoms with Gasteiger partial charge in [-0.15, -0.1) is 0 Å². The third-order valence-corrected chi connectivity index (χ3v) is 5.64. The lowest BCUT2D eigenvalue weighted by Crippen LogP contribution is -2.19. The normalized spacial score (nSPS) is 18.3. The number of ether oxygens (including phenoxy) is 2. The average molecular weight is 452 g/mol. The summed E-state index contributed by atoms with van der Waals surface area (Å²) in [6.45, 7) is 3.22. The van der Waals surface area contributed by atoms with E-state index in [1.54, 1.807) is 12.4 Å². The molecule has 10 heteroatoms. The molecular formula is C23H25FN6O3. The Bertz CT molecular complexity index is 1240. The van der Waals surface area contributed by atoms with Crippen LogP contribution in [0.1, 0.15) is 36.1 Å². The van der Waals surface area contributed by atoms with Crippen molar-refractivity contribution < 1.29 is 18.4 Å². The molecule has 4 heterocycles. The van der Waals surface area contributed by atoms with Gasteiger partial charge in [-0.2, -0.15) is 0 Å². The molecule has 1 aliphatic heterocycles. The molecule has 2 atom stereocenters. The maximum absolute atomic E-state index is 13.6. The standard InChI is InChI=1S/C23H25FN6O3/c1-15-8-18(28-33-15)11-31-12-19-6-7-20(32-19)30-14-27-21-22(25-13-26-23(21)30)29(2)10-16-4-3-5-17(24)9-16/h3-5,8-9,13-14,19-20H,6-7,10-12H2,1-2H3/t19-,20+/m0/s1. The van der Waals surface area contributed by atoms with Crippen LogP contribution in [0.4, 0.5) is 10.2 Å². The largest absolute Gasteiger partial charge is 0.372 e. The van der Waals surface area contributed by atoms with E-state index in [1.165, 1.54) is 18.5 Å². The topological polar surface area (TPSA) is 91.3 Å². The Balaban J connectivity index is 1.25. The number of aromatic nitrogens is 5. The van der Waals surface area contributed by atoms with Crippen LogP contribution >= 0.6 is 0 Å². The van der Waals surface area contributed by atoms with Gasteiger partial charge in [-0.05, 0) is 37.5 Å². The summed E-state index contributed by atoms with van der Waals surface area (Å²) in [4.78, 5) is 15.4. The molecule has 33 heavy (non-hydrogen) atoms. The van der Waals surface area contributed by atoms with Crippen molar-refractivity contribution >= 4 is 17.0 Å². The number of hydrogen-bond acceptors (Lipinski definition) is 8. The summed E-state index contributed by atoms with van der Waals surface area (Å²) in [5.41, 5.74) is 3.01. The Morgan fingerprint density at radius 1 is 1.21 bits per heavy atom. The molecule has 1 aromatic carbocycles. The summed E-state index contributed by atoms with van der Waals surface area (Å²) < 4.78 is 32.5. The van der Waals surface area contributed by atoms with Crippen LogP contribution in [0, 0.1) is 12.7 Å². The lowest BCUT2D eigenvalue weighted by atomic mass is 10.2. The number of aryl methyl sites for hydroxylation is 1. The van der Waals surface area contributed by atoms with Crippen molar-refractivity contribution in [2.45, 2.75) is 45.2 Å². The average Bonchev–Trinajstić information content (AvgIpc) is 3.53. The van der Waals surface area contributed by atoms with Crippen LogP contribution in [0.5, 0.6) is 0 Å². The molecule has 0 amide bonds. The lowest BCUT2D eigenvalue weighted by Gasteiger charge is -2.19.